The predicted molar refractivity (Wildman–Crippen MR) is 137 cm³/mol. The number of rotatable bonds is 16. The summed E-state index contributed by atoms with van der Waals surface area (Å²) in [5, 5.41) is 3.59. The standard InChI is InChI=1S/C28H51NO7/c1-7-9-10-11-12-13-14-15-16-17-18-29-20(19-21(30)31-8-2)22-23-24(34-27(3,4)33-23)25-26(32-22)36-28(5,6)35-25/h20,22-26,29H,7-19H2,1-6H3/t20-,22-,23+,24+,25-,26-/m1/s1. The van der Waals surface area contributed by atoms with E-state index >= 15 is 0 Å². The van der Waals surface area contributed by atoms with Crippen LogP contribution in [0.25, 0.3) is 0 Å². The van der Waals surface area contributed by atoms with Crippen molar-refractivity contribution in [3.63, 3.8) is 0 Å². The molecule has 3 heterocycles. The van der Waals surface area contributed by atoms with E-state index in [9.17, 15) is 4.79 Å². The topological polar surface area (TPSA) is 84.5 Å². The van der Waals surface area contributed by atoms with Crippen molar-refractivity contribution in [2.45, 2.75) is 160 Å². The van der Waals surface area contributed by atoms with Crippen molar-refractivity contribution in [2.24, 2.45) is 0 Å². The lowest BCUT2D eigenvalue weighted by Crippen LogP contribution is -2.61. The highest BCUT2D eigenvalue weighted by atomic mass is 16.9. The summed E-state index contributed by atoms with van der Waals surface area (Å²) in [5.41, 5.74) is 0. The quantitative estimate of drug-likeness (QED) is 0.222. The monoisotopic (exact) mass is 513 g/mol. The summed E-state index contributed by atoms with van der Waals surface area (Å²) in [6, 6.07) is -0.277. The molecule has 0 aromatic carbocycles. The summed E-state index contributed by atoms with van der Waals surface area (Å²) in [7, 11) is 0. The highest BCUT2D eigenvalue weighted by molar-refractivity contribution is 5.70. The largest absolute Gasteiger partial charge is 0.466 e. The van der Waals surface area contributed by atoms with E-state index in [0.29, 0.717) is 6.61 Å². The Kier molecular flexibility index (Phi) is 11.5. The first-order valence-electron chi connectivity index (χ1n) is 14.4. The van der Waals surface area contributed by atoms with E-state index < -0.39 is 24.0 Å². The van der Waals surface area contributed by atoms with Crippen molar-refractivity contribution >= 4 is 5.97 Å². The molecule has 1 N–H and O–H groups in total. The molecule has 3 rings (SSSR count). The molecule has 0 saturated carbocycles. The van der Waals surface area contributed by atoms with Crippen molar-refractivity contribution in [3.8, 4) is 0 Å². The fraction of sp³-hybridized carbons (Fsp3) is 0.964. The van der Waals surface area contributed by atoms with Gasteiger partial charge in [0.05, 0.1) is 13.0 Å². The first kappa shape index (κ1) is 29.8. The zero-order chi connectivity index (χ0) is 26.2. The number of carbonyl (C=O) groups is 1. The molecular weight excluding hydrogens is 462 g/mol. The minimum Gasteiger partial charge on any atom is -0.466 e. The molecule has 0 bridgehead atoms. The Labute approximate surface area is 218 Å². The lowest BCUT2D eigenvalue weighted by molar-refractivity contribution is -0.240. The maximum atomic E-state index is 12.5. The number of nitrogens with one attached hydrogen (secondary N) is 1. The molecule has 3 saturated heterocycles. The molecule has 0 aromatic heterocycles. The number of ether oxygens (including phenoxy) is 6. The summed E-state index contributed by atoms with van der Waals surface area (Å²) in [5.74, 6) is -1.79. The van der Waals surface area contributed by atoms with E-state index in [1.807, 2.05) is 34.6 Å². The third-order valence-corrected chi connectivity index (χ3v) is 7.22. The third-order valence-electron chi connectivity index (χ3n) is 7.22. The molecule has 0 unspecified atom stereocenters. The van der Waals surface area contributed by atoms with E-state index in [0.717, 1.165) is 13.0 Å². The molecule has 0 radical (unpaired) electrons. The summed E-state index contributed by atoms with van der Waals surface area (Å²) in [6.07, 6.45) is 10.9. The van der Waals surface area contributed by atoms with Gasteiger partial charge in [-0.2, -0.15) is 0 Å². The molecule has 8 nitrogen and oxygen atoms in total. The molecule has 3 fully saturated rings. The van der Waals surface area contributed by atoms with E-state index in [4.69, 9.17) is 28.4 Å². The molecule has 210 valence electrons. The van der Waals surface area contributed by atoms with Gasteiger partial charge in [0.1, 0.15) is 24.4 Å². The van der Waals surface area contributed by atoms with Crippen LogP contribution in [0.2, 0.25) is 0 Å². The van der Waals surface area contributed by atoms with Crippen LogP contribution in [-0.4, -0.2) is 67.4 Å². The van der Waals surface area contributed by atoms with Crippen LogP contribution >= 0.6 is 0 Å². The molecule has 3 aliphatic heterocycles. The first-order chi connectivity index (χ1) is 17.2. The summed E-state index contributed by atoms with van der Waals surface area (Å²) in [6.45, 7) is 12.8. The second kappa shape index (κ2) is 13.9. The Hall–Kier alpha value is -0.770. The molecule has 0 amide bonds. The van der Waals surface area contributed by atoms with Gasteiger partial charge >= 0.3 is 5.97 Å². The molecule has 0 aromatic rings. The molecule has 6 atom stereocenters. The predicted octanol–water partition coefficient (Wildman–Crippen LogP) is 5.22. The number of esters is 1. The Morgan fingerprint density at radius 2 is 1.33 bits per heavy atom. The van der Waals surface area contributed by atoms with Crippen LogP contribution in [0.5, 0.6) is 0 Å². The maximum absolute atomic E-state index is 12.5. The fourth-order valence-corrected chi connectivity index (χ4v) is 5.57. The highest BCUT2D eigenvalue weighted by Gasteiger charge is 2.61. The van der Waals surface area contributed by atoms with Crippen molar-refractivity contribution in [1.82, 2.24) is 5.32 Å². The minimum absolute atomic E-state index is 0.199. The second-order valence-electron chi connectivity index (χ2n) is 11.4. The number of hydrogen-bond acceptors (Lipinski definition) is 8. The number of fused-ring (bicyclic) bond motifs is 3. The van der Waals surface area contributed by atoms with Gasteiger partial charge in [-0.25, -0.2) is 0 Å². The average Bonchev–Trinajstić information content (AvgIpc) is 3.30. The first-order valence-corrected chi connectivity index (χ1v) is 14.4. The fourth-order valence-electron chi connectivity index (χ4n) is 5.57. The van der Waals surface area contributed by atoms with Crippen LogP contribution in [0.4, 0.5) is 0 Å². The smallest absolute Gasteiger partial charge is 0.307 e. The van der Waals surface area contributed by atoms with E-state index in [1.54, 1.807) is 0 Å². The van der Waals surface area contributed by atoms with Crippen LogP contribution in [-0.2, 0) is 33.2 Å². The molecule has 0 aliphatic carbocycles. The van der Waals surface area contributed by atoms with Crippen LogP contribution < -0.4 is 5.32 Å². The SMILES string of the molecule is CCCCCCCCCCCCN[C@H](CC(=O)OCC)[C@H]1O[C@@H]2OC(C)(C)O[C@@H]2[C@H]2OC(C)(C)O[C@H]21. The Bertz CT molecular complexity index is 670. The lowest BCUT2D eigenvalue weighted by Gasteiger charge is -2.41. The average molecular weight is 514 g/mol. The molecule has 3 aliphatic rings. The van der Waals surface area contributed by atoms with Gasteiger partial charge < -0.3 is 33.7 Å². The van der Waals surface area contributed by atoms with Crippen molar-refractivity contribution in [2.75, 3.05) is 13.2 Å². The van der Waals surface area contributed by atoms with Crippen LogP contribution in [0.3, 0.4) is 0 Å². The van der Waals surface area contributed by atoms with Crippen molar-refractivity contribution < 1.29 is 33.2 Å². The van der Waals surface area contributed by atoms with Crippen LogP contribution in [0, 0.1) is 0 Å². The second-order valence-corrected chi connectivity index (χ2v) is 11.4. The number of hydrogen-bond donors (Lipinski definition) is 1. The van der Waals surface area contributed by atoms with Gasteiger partial charge in [-0.15, -0.1) is 0 Å². The highest BCUT2D eigenvalue weighted by Crippen LogP contribution is 2.45. The third kappa shape index (κ3) is 8.63. The summed E-state index contributed by atoms with van der Waals surface area (Å²) >= 11 is 0. The molecular formula is C28H51NO7. The van der Waals surface area contributed by atoms with Crippen LogP contribution in [0.1, 0.15) is 112 Å². The van der Waals surface area contributed by atoms with Gasteiger partial charge in [0.15, 0.2) is 17.9 Å². The summed E-state index contributed by atoms with van der Waals surface area (Å²) < 4.78 is 36.4. The van der Waals surface area contributed by atoms with Gasteiger partial charge in [-0.05, 0) is 47.6 Å². The number of unbranched alkanes of at least 4 members (excludes halogenated alkanes) is 9. The van der Waals surface area contributed by atoms with E-state index in [-0.39, 0.29) is 36.7 Å². The van der Waals surface area contributed by atoms with Crippen LogP contribution in [0.15, 0.2) is 0 Å². The van der Waals surface area contributed by atoms with Gasteiger partial charge in [-0.3, -0.25) is 4.79 Å². The Morgan fingerprint density at radius 3 is 1.97 bits per heavy atom. The normalized spacial score (nSPS) is 31.1. The minimum atomic E-state index is -0.773. The zero-order valence-corrected chi connectivity index (χ0v) is 23.5. The Balaban J connectivity index is 1.54. The summed E-state index contributed by atoms with van der Waals surface area (Å²) in [4.78, 5) is 12.5. The lowest BCUT2D eigenvalue weighted by atomic mass is 9.92. The van der Waals surface area contributed by atoms with Gasteiger partial charge in [0, 0.05) is 6.04 Å². The molecule has 0 spiro atoms. The van der Waals surface area contributed by atoms with Crippen molar-refractivity contribution in [1.29, 1.82) is 0 Å². The maximum Gasteiger partial charge on any atom is 0.307 e. The van der Waals surface area contributed by atoms with Gasteiger partial charge in [-0.1, -0.05) is 64.7 Å². The zero-order valence-electron chi connectivity index (χ0n) is 23.5. The van der Waals surface area contributed by atoms with Gasteiger partial charge in [0.25, 0.3) is 0 Å². The molecule has 8 heteroatoms. The van der Waals surface area contributed by atoms with Gasteiger partial charge in [0.2, 0.25) is 0 Å². The molecule has 36 heavy (non-hydrogen) atoms. The van der Waals surface area contributed by atoms with E-state index in [2.05, 4.69) is 12.2 Å². The van der Waals surface area contributed by atoms with Crippen molar-refractivity contribution in [3.05, 3.63) is 0 Å². The van der Waals surface area contributed by atoms with E-state index in [1.165, 1.54) is 57.8 Å². The Morgan fingerprint density at radius 1 is 0.778 bits per heavy atom. The number of carbonyl (C=O) groups excluding carboxylic acids is 1.